The van der Waals surface area contributed by atoms with Crippen molar-refractivity contribution >= 4 is 20.3 Å². The van der Waals surface area contributed by atoms with E-state index in [1.807, 2.05) is 0 Å². The van der Waals surface area contributed by atoms with E-state index in [1.165, 1.54) is 16.8 Å². The molecule has 0 spiro atoms. The van der Waals surface area contributed by atoms with Gasteiger partial charge in [-0.25, -0.2) is 0 Å². The van der Waals surface area contributed by atoms with Gasteiger partial charge in [0.25, 0.3) is 0 Å². The van der Waals surface area contributed by atoms with E-state index in [2.05, 4.69) is 75.3 Å². The Morgan fingerprint density at radius 2 is 1.59 bits per heavy atom. The molecule has 3 heteroatoms. The maximum atomic E-state index is 4.06. The molecule has 1 aromatic rings. The number of benzene rings is 1. The van der Waals surface area contributed by atoms with Gasteiger partial charge in [-0.15, -0.1) is 0 Å². The van der Waals surface area contributed by atoms with E-state index in [0.717, 1.165) is 41.3 Å². The van der Waals surface area contributed by atoms with Crippen LogP contribution in [0.15, 0.2) is 30.8 Å². The Kier molecular flexibility index (Phi) is 8.69. The van der Waals surface area contributed by atoms with Gasteiger partial charge >= 0.3 is 0 Å². The van der Waals surface area contributed by atoms with E-state index in [9.17, 15) is 0 Å². The SMILES string of the molecule is C=C(C)c1cccc([Si]CC(N(CC)CC)N(CC)CC)c1. The third-order valence-electron chi connectivity index (χ3n) is 4.31. The van der Waals surface area contributed by atoms with Crippen LogP contribution in [0.2, 0.25) is 6.04 Å². The average molecular weight is 317 g/mol. The van der Waals surface area contributed by atoms with Gasteiger partial charge in [0.1, 0.15) is 0 Å². The fourth-order valence-electron chi connectivity index (χ4n) is 2.88. The monoisotopic (exact) mass is 316 g/mol. The largest absolute Gasteiger partial charge is 0.289 e. The van der Waals surface area contributed by atoms with Gasteiger partial charge in [0.15, 0.2) is 0 Å². The molecule has 0 aromatic heterocycles. The maximum absolute atomic E-state index is 4.06. The number of allylic oxidation sites excluding steroid dienone is 1. The lowest BCUT2D eigenvalue weighted by atomic mass is 10.1. The molecule has 22 heavy (non-hydrogen) atoms. The summed E-state index contributed by atoms with van der Waals surface area (Å²) >= 11 is 0. The predicted molar refractivity (Wildman–Crippen MR) is 101 cm³/mol. The molecule has 0 heterocycles. The fraction of sp³-hybridized carbons (Fsp3) is 0.579. The molecule has 0 N–H and O–H groups in total. The first-order chi connectivity index (χ1) is 10.6. The lowest BCUT2D eigenvalue weighted by Crippen LogP contribution is -2.49. The van der Waals surface area contributed by atoms with Crippen molar-refractivity contribution < 1.29 is 0 Å². The zero-order valence-corrected chi connectivity index (χ0v) is 16.0. The van der Waals surface area contributed by atoms with E-state index in [4.69, 9.17) is 0 Å². The van der Waals surface area contributed by atoms with Crippen LogP contribution in [0, 0.1) is 0 Å². The highest BCUT2D eigenvalue weighted by Gasteiger charge is 2.21. The van der Waals surface area contributed by atoms with Crippen molar-refractivity contribution in [1.29, 1.82) is 0 Å². The Bertz CT molecular complexity index is 439. The van der Waals surface area contributed by atoms with Crippen molar-refractivity contribution in [3.8, 4) is 0 Å². The number of hydrogen-bond acceptors (Lipinski definition) is 2. The molecule has 0 bridgehead atoms. The molecular formula is C19H32N2Si. The summed E-state index contributed by atoms with van der Waals surface area (Å²) in [5.41, 5.74) is 2.42. The second-order valence-corrected chi connectivity index (χ2v) is 7.00. The summed E-state index contributed by atoms with van der Waals surface area (Å²) in [4.78, 5) is 5.17. The average Bonchev–Trinajstić information content (AvgIpc) is 2.54. The zero-order chi connectivity index (χ0) is 16.5. The summed E-state index contributed by atoms with van der Waals surface area (Å²) in [6, 6.07) is 10.1. The summed E-state index contributed by atoms with van der Waals surface area (Å²) < 4.78 is 0. The maximum Gasteiger partial charge on any atom is 0.0838 e. The normalized spacial score (nSPS) is 11.6. The lowest BCUT2D eigenvalue weighted by Gasteiger charge is -2.38. The molecule has 0 saturated heterocycles. The standard InChI is InChI=1S/C19H32N2Si/c1-7-20(8-2)19(21(9-3)10-4)15-22-18-13-11-12-17(14-18)16(5)6/h11-14,19H,5,7-10,15H2,1-4,6H3. The number of nitrogens with zero attached hydrogens (tertiary/aromatic N) is 2. The van der Waals surface area contributed by atoms with Crippen LogP contribution in [0.25, 0.3) is 5.57 Å². The molecule has 1 aromatic carbocycles. The van der Waals surface area contributed by atoms with E-state index in [-0.39, 0.29) is 0 Å². The van der Waals surface area contributed by atoms with Crippen LogP contribution >= 0.6 is 0 Å². The molecule has 2 radical (unpaired) electrons. The second-order valence-electron chi connectivity index (χ2n) is 5.67. The second kappa shape index (κ2) is 9.98. The molecule has 0 amide bonds. The molecule has 2 nitrogen and oxygen atoms in total. The minimum absolute atomic E-state index is 0.553. The number of hydrogen-bond donors (Lipinski definition) is 0. The molecule has 0 saturated carbocycles. The van der Waals surface area contributed by atoms with Gasteiger partial charge in [-0.05, 0) is 44.7 Å². The van der Waals surface area contributed by atoms with E-state index >= 15 is 0 Å². The van der Waals surface area contributed by atoms with Crippen LogP contribution in [-0.4, -0.2) is 51.7 Å². The summed E-state index contributed by atoms with van der Waals surface area (Å²) in [5, 5.41) is 1.45. The summed E-state index contributed by atoms with van der Waals surface area (Å²) in [5.74, 6) is 0. The van der Waals surface area contributed by atoms with Gasteiger partial charge in [-0.2, -0.15) is 0 Å². The first-order valence-corrected chi connectivity index (χ1v) is 9.75. The van der Waals surface area contributed by atoms with Crippen LogP contribution < -0.4 is 5.19 Å². The molecule has 0 fully saturated rings. The Balaban J connectivity index is 2.82. The highest BCUT2D eigenvalue weighted by Crippen LogP contribution is 2.12. The van der Waals surface area contributed by atoms with Crippen LogP contribution in [-0.2, 0) is 0 Å². The first-order valence-electron chi connectivity index (χ1n) is 8.55. The minimum atomic E-state index is 0.553. The molecule has 122 valence electrons. The fourth-order valence-corrected chi connectivity index (χ4v) is 4.29. The molecule has 0 aliphatic carbocycles. The lowest BCUT2D eigenvalue weighted by molar-refractivity contribution is 0.0713. The Hall–Kier alpha value is -0.903. The van der Waals surface area contributed by atoms with Crippen LogP contribution in [0.1, 0.15) is 40.2 Å². The third-order valence-corrected chi connectivity index (χ3v) is 5.60. The van der Waals surface area contributed by atoms with Gasteiger partial charge in [0.05, 0.1) is 15.7 Å². The highest BCUT2D eigenvalue weighted by atomic mass is 28.2. The van der Waals surface area contributed by atoms with E-state index < -0.39 is 0 Å². The van der Waals surface area contributed by atoms with Crippen LogP contribution in [0.4, 0.5) is 0 Å². The van der Waals surface area contributed by atoms with Crippen molar-refractivity contribution in [2.24, 2.45) is 0 Å². The van der Waals surface area contributed by atoms with Crippen LogP contribution in [0.5, 0.6) is 0 Å². The van der Waals surface area contributed by atoms with Gasteiger partial charge in [0.2, 0.25) is 0 Å². The minimum Gasteiger partial charge on any atom is -0.289 e. The van der Waals surface area contributed by atoms with Gasteiger partial charge in [-0.1, -0.05) is 69.3 Å². The number of rotatable bonds is 10. The molecular weight excluding hydrogens is 284 g/mol. The van der Waals surface area contributed by atoms with E-state index in [0.29, 0.717) is 6.17 Å². The van der Waals surface area contributed by atoms with Crippen molar-refractivity contribution in [2.45, 2.75) is 46.8 Å². The van der Waals surface area contributed by atoms with Crippen molar-refractivity contribution in [3.05, 3.63) is 36.4 Å². The zero-order valence-electron chi connectivity index (χ0n) is 15.0. The molecule has 0 unspecified atom stereocenters. The molecule has 0 atom stereocenters. The van der Waals surface area contributed by atoms with Crippen molar-refractivity contribution in [2.75, 3.05) is 26.2 Å². The van der Waals surface area contributed by atoms with Crippen molar-refractivity contribution in [3.63, 3.8) is 0 Å². The summed E-state index contributed by atoms with van der Waals surface area (Å²) in [7, 11) is 0.847. The van der Waals surface area contributed by atoms with E-state index in [1.54, 1.807) is 0 Å². The smallest absolute Gasteiger partial charge is 0.0838 e. The van der Waals surface area contributed by atoms with Crippen LogP contribution in [0.3, 0.4) is 0 Å². The Labute approximate surface area is 140 Å². The molecule has 1 rings (SSSR count). The topological polar surface area (TPSA) is 6.48 Å². The van der Waals surface area contributed by atoms with Gasteiger partial charge in [-0.3, -0.25) is 9.80 Å². The molecule has 0 aliphatic rings. The first kappa shape index (κ1) is 19.1. The van der Waals surface area contributed by atoms with Gasteiger partial charge < -0.3 is 0 Å². The van der Waals surface area contributed by atoms with Crippen molar-refractivity contribution in [1.82, 2.24) is 9.80 Å². The molecule has 0 aliphatic heterocycles. The van der Waals surface area contributed by atoms with Gasteiger partial charge in [0, 0.05) is 0 Å². The quantitative estimate of drug-likeness (QED) is 0.482. The third kappa shape index (κ3) is 5.38. The summed E-state index contributed by atoms with van der Waals surface area (Å²) in [6.07, 6.45) is 0.553. The highest BCUT2D eigenvalue weighted by molar-refractivity contribution is 6.53. The Morgan fingerprint density at radius 3 is 2.05 bits per heavy atom. The summed E-state index contributed by atoms with van der Waals surface area (Å²) in [6.45, 7) is 19.7. The predicted octanol–water partition coefficient (Wildman–Crippen LogP) is 3.48. The Morgan fingerprint density at radius 1 is 1.05 bits per heavy atom.